The topological polar surface area (TPSA) is 96.7 Å². The first kappa shape index (κ1) is 12.6. The monoisotopic (exact) mass is 267 g/mol. The molecule has 96 valence electrons. The van der Waals surface area contributed by atoms with Crippen molar-refractivity contribution >= 4 is 17.7 Å². The Morgan fingerprint density at radius 3 is 3.00 bits per heavy atom. The van der Waals surface area contributed by atoms with Crippen LogP contribution in [0.1, 0.15) is 13.3 Å². The van der Waals surface area contributed by atoms with Gasteiger partial charge >= 0.3 is 5.97 Å². The normalized spacial score (nSPS) is 10.7. The number of aromatic nitrogens is 5. The smallest absolute Gasteiger partial charge is 0.313 e. The molecule has 0 bridgehead atoms. The Kier molecular flexibility index (Phi) is 3.98. The van der Waals surface area contributed by atoms with Crippen LogP contribution in [0.4, 0.5) is 0 Å². The fourth-order valence-corrected chi connectivity index (χ4v) is 2.21. The van der Waals surface area contributed by atoms with Gasteiger partial charge in [-0.25, -0.2) is 0 Å². The Balaban J connectivity index is 2.28. The van der Waals surface area contributed by atoms with Crippen molar-refractivity contribution in [3.63, 3.8) is 0 Å². The molecule has 0 aliphatic rings. The Labute approximate surface area is 108 Å². The summed E-state index contributed by atoms with van der Waals surface area (Å²) in [5.74, 6) is -0.207. The van der Waals surface area contributed by atoms with Crippen molar-refractivity contribution in [2.45, 2.75) is 25.0 Å². The maximum absolute atomic E-state index is 10.6. The molecule has 0 spiro atoms. The van der Waals surface area contributed by atoms with Gasteiger partial charge in [-0.1, -0.05) is 18.7 Å². The molecule has 7 nitrogen and oxygen atoms in total. The van der Waals surface area contributed by atoms with Crippen molar-refractivity contribution in [1.82, 2.24) is 25.0 Å². The number of H-pyrrole nitrogens is 1. The third-order valence-electron chi connectivity index (χ3n) is 2.23. The summed E-state index contributed by atoms with van der Waals surface area (Å²) in [4.78, 5) is 10.6. The number of nitrogens with one attached hydrogen (secondary N) is 1. The highest BCUT2D eigenvalue weighted by Gasteiger charge is 2.15. The van der Waals surface area contributed by atoms with E-state index in [9.17, 15) is 4.79 Å². The van der Waals surface area contributed by atoms with E-state index in [1.54, 1.807) is 6.20 Å². The van der Waals surface area contributed by atoms with E-state index in [1.165, 1.54) is 11.8 Å². The molecule has 0 aliphatic heterocycles. The molecule has 0 saturated heterocycles. The molecule has 2 aromatic heterocycles. The number of hydrogen-bond donors (Lipinski definition) is 2. The van der Waals surface area contributed by atoms with Gasteiger partial charge in [-0.05, 0) is 12.5 Å². The van der Waals surface area contributed by atoms with E-state index in [0.29, 0.717) is 11.0 Å². The lowest BCUT2D eigenvalue weighted by Gasteiger charge is -2.06. The molecule has 2 N–H and O–H groups in total. The molecule has 0 amide bonds. The summed E-state index contributed by atoms with van der Waals surface area (Å²) >= 11 is 1.17. The Morgan fingerprint density at radius 1 is 1.56 bits per heavy atom. The maximum atomic E-state index is 10.6. The Bertz CT molecular complexity index is 522. The number of aromatic amines is 1. The number of rotatable bonds is 6. The van der Waals surface area contributed by atoms with Crippen LogP contribution in [0, 0.1) is 0 Å². The first-order chi connectivity index (χ1) is 8.72. The summed E-state index contributed by atoms with van der Waals surface area (Å²) in [5.41, 5.74) is 0.776. The van der Waals surface area contributed by atoms with Crippen LogP contribution in [0.25, 0.3) is 11.5 Å². The second kappa shape index (κ2) is 5.67. The minimum absolute atomic E-state index is 0.0230. The lowest BCUT2D eigenvalue weighted by atomic mass is 10.4. The molecule has 0 fully saturated rings. The van der Waals surface area contributed by atoms with E-state index in [1.807, 2.05) is 17.6 Å². The molecule has 18 heavy (non-hydrogen) atoms. The fraction of sp³-hybridized carbons (Fsp3) is 0.400. The van der Waals surface area contributed by atoms with E-state index in [0.717, 1.165) is 18.7 Å². The minimum atomic E-state index is -0.867. The molecule has 0 unspecified atom stereocenters. The second-order valence-corrected chi connectivity index (χ2v) is 4.55. The van der Waals surface area contributed by atoms with Gasteiger partial charge in [0.2, 0.25) is 0 Å². The predicted molar refractivity (Wildman–Crippen MR) is 66.3 cm³/mol. The van der Waals surface area contributed by atoms with Crippen molar-refractivity contribution in [2.75, 3.05) is 5.75 Å². The van der Waals surface area contributed by atoms with E-state index in [2.05, 4.69) is 20.4 Å². The van der Waals surface area contributed by atoms with Crippen molar-refractivity contribution in [2.24, 2.45) is 0 Å². The standard InChI is InChI=1S/C10H13N5O2S/c1-2-5-15-9(7-3-4-11-12-7)13-14-10(15)18-6-8(16)17/h3-4H,2,5-6H2,1H3,(H,11,12)(H,16,17). The largest absolute Gasteiger partial charge is 0.481 e. The molecular weight excluding hydrogens is 254 g/mol. The van der Waals surface area contributed by atoms with Gasteiger partial charge in [0, 0.05) is 12.7 Å². The number of carbonyl (C=O) groups is 1. The third-order valence-corrected chi connectivity index (χ3v) is 3.18. The van der Waals surface area contributed by atoms with Crippen molar-refractivity contribution in [3.05, 3.63) is 12.3 Å². The Morgan fingerprint density at radius 2 is 2.39 bits per heavy atom. The van der Waals surface area contributed by atoms with Crippen molar-refractivity contribution in [3.8, 4) is 11.5 Å². The van der Waals surface area contributed by atoms with Crippen molar-refractivity contribution < 1.29 is 9.90 Å². The molecule has 0 aromatic carbocycles. The highest BCUT2D eigenvalue weighted by atomic mass is 32.2. The zero-order chi connectivity index (χ0) is 13.0. The zero-order valence-corrected chi connectivity index (χ0v) is 10.6. The lowest BCUT2D eigenvalue weighted by Crippen LogP contribution is -2.04. The van der Waals surface area contributed by atoms with Crippen molar-refractivity contribution in [1.29, 1.82) is 0 Å². The van der Waals surface area contributed by atoms with E-state index >= 15 is 0 Å². The van der Waals surface area contributed by atoms with Crippen LogP contribution < -0.4 is 0 Å². The van der Waals surface area contributed by atoms with Gasteiger partial charge in [-0.15, -0.1) is 10.2 Å². The molecule has 2 rings (SSSR count). The van der Waals surface area contributed by atoms with Crippen LogP contribution in [-0.2, 0) is 11.3 Å². The van der Waals surface area contributed by atoms with Gasteiger partial charge in [0.05, 0.1) is 5.75 Å². The summed E-state index contributed by atoms with van der Waals surface area (Å²) < 4.78 is 1.90. The number of thioether (sulfide) groups is 1. The summed E-state index contributed by atoms with van der Waals surface area (Å²) in [7, 11) is 0. The number of aliphatic carboxylic acids is 1. The van der Waals surface area contributed by atoms with Crippen LogP contribution in [-0.4, -0.2) is 41.8 Å². The quantitative estimate of drug-likeness (QED) is 0.765. The molecule has 0 saturated carbocycles. The average molecular weight is 267 g/mol. The van der Waals surface area contributed by atoms with Crippen LogP contribution in [0.5, 0.6) is 0 Å². The van der Waals surface area contributed by atoms with Crippen LogP contribution >= 0.6 is 11.8 Å². The average Bonchev–Trinajstić information content (AvgIpc) is 2.95. The SMILES string of the molecule is CCCn1c(SCC(=O)O)nnc1-c1ccn[nH]1. The molecule has 0 atom stereocenters. The number of carboxylic acids is 1. The summed E-state index contributed by atoms with van der Waals surface area (Å²) in [6, 6.07) is 1.81. The molecule has 2 heterocycles. The number of nitrogens with zero attached hydrogens (tertiary/aromatic N) is 4. The molecule has 8 heteroatoms. The Hall–Kier alpha value is -1.83. The lowest BCUT2D eigenvalue weighted by molar-refractivity contribution is -0.133. The van der Waals surface area contributed by atoms with Gasteiger partial charge in [-0.3, -0.25) is 9.89 Å². The van der Waals surface area contributed by atoms with Crippen LogP contribution in [0.3, 0.4) is 0 Å². The molecular formula is C10H13N5O2S. The number of hydrogen-bond acceptors (Lipinski definition) is 5. The van der Waals surface area contributed by atoms with Gasteiger partial charge < -0.3 is 9.67 Å². The third kappa shape index (κ3) is 2.70. The summed E-state index contributed by atoms with van der Waals surface area (Å²) in [6.45, 7) is 2.78. The molecule has 0 radical (unpaired) electrons. The van der Waals surface area contributed by atoms with Gasteiger partial charge in [0.1, 0.15) is 5.69 Å². The zero-order valence-electron chi connectivity index (χ0n) is 9.83. The van der Waals surface area contributed by atoms with Gasteiger partial charge in [0.25, 0.3) is 0 Å². The first-order valence-electron chi connectivity index (χ1n) is 5.50. The first-order valence-corrected chi connectivity index (χ1v) is 6.48. The fourth-order valence-electron chi connectivity index (χ4n) is 1.53. The van der Waals surface area contributed by atoms with E-state index < -0.39 is 5.97 Å². The summed E-state index contributed by atoms with van der Waals surface area (Å²) in [5, 5.41) is 24.1. The molecule has 2 aromatic rings. The number of carboxylic acid groups (broad SMARTS) is 1. The predicted octanol–water partition coefficient (Wildman–Crippen LogP) is 1.25. The summed E-state index contributed by atoms with van der Waals surface area (Å²) in [6.07, 6.45) is 2.56. The van der Waals surface area contributed by atoms with Gasteiger partial charge in [-0.2, -0.15) is 5.10 Å². The second-order valence-electron chi connectivity index (χ2n) is 3.61. The molecule has 0 aliphatic carbocycles. The minimum Gasteiger partial charge on any atom is -0.481 e. The highest BCUT2D eigenvalue weighted by Crippen LogP contribution is 2.22. The van der Waals surface area contributed by atoms with E-state index in [-0.39, 0.29) is 5.75 Å². The van der Waals surface area contributed by atoms with E-state index in [4.69, 9.17) is 5.11 Å². The van der Waals surface area contributed by atoms with Crippen LogP contribution in [0.15, 0.2) is 17.4 Å². The van der Waals surface area contributed by atoms with Gasteiger partial charge in [0.15, 0.2) is 11.0 Å². The highest BCUT2D eigenvalue weighted by molar-refractivity contribution is 7.99. The van der Waals surface area contributed by atoms with Crippen LogP contribution in [0.2, 0.25) is 0 Å². The maximum Gasteiger partial charge on any atom is 0.313 e.